The molecule has 0 bridgehead atoms. The van der Waals surface area contributed by atoms with Crippen molar-refractivity contribution >= 4 is 11.6 Å². The first-order valence-corrected chi connectivity index (χ1v) is 9.22. The van der Waals surface area contributed by atoms with Crippen LogP contribution in [0.25, 0.3) is 0 Å². The number of para-hydroxylation sites is 3. The summed E-state index contributed by atoms with van der Waals surface area (Å²) in [6, 6.07) is 24.2. The summed E-state index contributed by atoms with van der Waals surface area (Å²) in [6.07, 6.45) is 0.239. The predicted molar refractivity (Wildman–Crippen MR) is 109 cm³/mol. The van der Waals surface area contributed by atoms with Crippen molar-refractivity contribution in [3.05, 3.63) is 78.9 Å². The van der Waals surface area contributed by atoms with Crippen molar-refractivity contribution in [3.8, 4) is 23.0 Å². The van der Waals surface area contributed by atoms with E-state index in [1.54, 1.807) is 12.1 Å². The Bertz CT molecular complexity index is 879. The lowest BCUT2D eigenvalue weighted by atomic mass is 10.3. The summed E-state index contributed by atoms with van der Waals surface area (Å²) in [7, 11) is 0. The number of hydrogen-bond donors (Lipinski definition) is 1. The molecule has 5 nitrogen and oxygen atoms in total. The molecule has 3 rings (SSSR count). The molecule has 0 unspecified atom stereocenters. The molecular weight excluding hydrogens is 354 g/mol. The SMILES string of the molecule is CCOc1ccccc1OCCC(=O)Nc1ccc(Oc2ccccc2)cc1. The second kappa shape index (κ2) is 10.0. The van der Waals surface area contributed by atoms with E-state index >= 15 is 0 Å². The van der Waals surface area contributed by atoms with E-state index in [0.717, 1.165) is 5.75 Å². The van der Waals surface area contributed by atoms with E-state index in [4.69, 9.17) is 14.2 Å². The normalized spacial score (nSPS) is 10.2. The molecule has 0 saturated heterocycles. The van der Waals surface area contributed by atoms with Crippen molar-refractivity contribution in [3.63, 3.8) is 0 Å². The van der Waals surface area contributed by atoms with Gasteiger partial charge in [-0.15, -0.1) is 0 Å². The number of rotatable bonds is 9. The van der Waals surface area contributed by atoms with Crippen molar-refractivity contribution in [2.24, 2.45) is 0 Å². The largest absolute Gasteiger partial charge is 0.490 e. The lowest BCUT2D eigenvalue weighted by Gasteiger charge is -2.11. The lowest BCUT2D eigenvalue weighted by molar-refractivity contribution is -0.116. The Labute approximate surface area is 164 Å². The van der Waals surface area contributed by atoms with Crippen LogP contribution in [0.1, 0.15) is 13.3 Å². The van der Waals surface area contributed by atoms with Crippen LogP contribution >= 0.6 is 0 Å². The number of nitrogens with one attached hydrogen (secondary N) is 1. The molecule has 0 saturated carbocycles. The van der Waals surface area contributed by atoms with E-state index in [0.29, 0.717) is 29.5 Å². The topological polar surface area (TPSA) is 56.8 Å². The number of carbonyl (C=O) groups excluding carboxylic acids is 1. The van der Waals surface area contributed by atoms with Gasteiger partial charge in [0.1, 0.15) is 11.5 Å². The fraction of sp³-hybridized carbons (Fsp3) is 0.174. The summed E-state index contributed by atoms with van der Waals surface area (Å²) in [5, 5.41) is 2.85. The zero-order valence-corrected chi connectivity index (χ0v) is 15.8. The Balaban J connectivity index is 1.46. The van der Waals surface area contributed by atoms with Crippen molar-refractivity contribution in [1.82, 2.24) is 0 Å². The molecule has 0 fully saturated rings. The molecule has 1 amide bonds. The van der Waals surface area contributed by atoms with Gasteiger partial charge in [-0.25, -0.2) is 0 Å². The van der Waals surface area contributed by atoms with Crippen LogP contribution in [0.3, 0.4) is 0 Å². The Kier molecular flexibility index (Phi) is 6.90. The second-order valence-electron chi connectivity index (χ2n) is 5.97. The Morgan fingerprint density at radius 2 is 1.39 bits per heavy atom. The zero-order valence-electron chi connectivity index (χ0n) is 15.8. The van der Waals surface area contributed by atoms with E-state index in [2.05, 4.69) is 5.32 Å². The first-order valence-electron chi connectivity index (χ1n) is 9.22. The second-order valence-corrected chi connectivity index (χ2v) is 5.97. The van der Waals surface area contributed by atoms with Gasteiger partial charge in [0.25, 0.3) is 0 Å². The third-order valence-electron chi connectivity index (χ3n) is 3.85. The van der Waals surface area contributed by atoms with E-state index in [-0.39, 0.29) is 18.9 Å². The Morgan fingerprint density at radius 3 is 2.07 bits per heavy atom. The molecule has 3 aromatic carbocycles. The van der Waals surface area contributed by atoms with E-state index in [1.165, 1.54) is 0 Å². The fourth-order valence-electron chi connectivity index (χ4n) is 2.55. The average Bonchev–Trinajstić information content (AvgIpc) is 2.72. The van der Waals surface area contributed by atoms with Gasteiger partial charge >= 0.3 is 0 Å². The Hall–Kier alpha value is -3.47. The highest BCUT2D eigenvalue weighted by molar-refractivity contribution is 5.90. The summed E-state index contributed by atoms with van der Waals surface area (Å²) in [4.78, 5) is 12.1. The summed E-state index contributed by atoms with van der Waals surface area (Å²) in [5.41, 5.74) is 0.708. The van der Waals surface area contributed by atoms with Crippen LogP contribution in [-0.4, -0.2) is 19.1 Å². The monoisotopic (exact) mass is 377 g/mol. The van der Waals surface area contributed by atoms with Crippen LogP contribution in [0.15, 0.2) is 78.9 Å². The summed E-state index contributed by atoms with van der Waals surface area (Å²) >= 11 is 0. The van der Waals surface area contributed by atoms with Crippen molar-refractivity contribution in [2.75, 3.05) is 18.5 Å². The highest BCUT2D eigenvalue weighted by Gasteiger charge is 2.07. The molecule has 0 aliphatic heterocycles. The first kappa shape index (κ1) is 19.3. The van der Waals surface area contributed by atoms with Crippen LogP contribution in [0.4, 0.5) is 5.69 Å². The van der Waals surface area contributed by atoms with E-state index < -0.39 is 0 Å². The molecule has 1 N–H and O–H groups in total. The molecule has 0 aromatic heterocycles. The van der Waals surface area contributed by atoms with Crippen LogP contribution < -0.4 is 19.5 Å². The minimum absolute atomic E-state index is 0.120. The van der Waals surface area contributed by atoms with Gasteiger partial charge in [0, 0.05) is 5.69 Å². The van der Waals surface area contributed by atoms with Crippen LogP contribution in [0.2, 0.25) is 0 Å². The van der Waals surface area contributed by atoms with Gasteiger partial charge in [0.2, 0.25) is 5.91 Å². The van der Waals surface area contributed by atoms with Crippen molar-refractivity contribution < 1.29 is 19.0 Å². The highest BCUT2D eigenvalue weighted by atomic mass is 16.5. The van der Waals surface area contributed by atoms with Crippen LogP contribution in [-0.2, 0) is 4.79 Å². The smallest absolute Gasteiger partial charge is 0.227 e. The molecule has 0 heterocycles. The summed E-state index contributed by atoms with van der Waals surface area (Å²) in [5.74, 6) is 2.67. The molecule has 0 aliphatic rings. The highest BCUT2D eigenvalue weighted by Crippen LogP contribution is 2.26. The molecule has 0 spiro atoms. The maximum atomic E-state index is 12.1. The van der Waals surface area contributed by atoms with Gasteiger partial charge in [-0.3, -0.25) is 4.79 Å². The molecule has 3 aromatic rings. The number of ether oxygens (including phenoxy) is 3. The van der Waals surface area contributed by atoms with Gasteiger partial charge in [0.05, 0.1) is 19.6 Å². The molecule has 0 atom stereocenters. The van der Waals surface area contributed by atoms with Crippen molar-refractivity contribution in [1.29, 1.82) is 0 Å². The third-order valence-corrected chi connectivity index (χ3v) is 3.85. The molecular formula is C23H23NO4. The molecule has 0 aliphatic carbocycles. The van der Waals surface area contributed by atoms with E-state index in [1.807, 2.05) is 73.7 Å². The van der Waals surface area contributed by atoms with Crippen LogP contribution in [0.5, 0.6) is 23.0 Å². The maximum absolute atomic E-state index is 12.1. The number of amides is 1. The minimum atomic E-state index is -0.120. The molecule has 144 valence electrons. The molecule has 0 radical (unpaired) electrons. The van der Waals surface area contributed by atoms with E-state index in [9.17, 15) is 4.79 Å². The third kappa shape index (κ3) is 5.77. The summed E-state index contributed by atoms with van der Waals surface area (Å²) in [6.45, 7) is 2.75. The predicted octanol–water partition coefficient (Wildman–Crippen LogP) is 5.29. The van der Waals surface area contributed by atoms with Gasteiger partial charge in [-0.2, -0.15) is 0 Å². The lowest BCUT2D eigenvalue weighted by Crippen LogP contribution is -2.15. The standard InChI is InChI=1S/C23H23NO4/c1-2-26-21-10-6-7-11-22(21)27-17-16-23(25)24-18-12-14-20(15-13-18)28-19-8-4-3-5-9-19/h3-15H,2,16-17H2,1H3,(H,24,25). The van der Waals surface area contributed by atoms with Gasteiger partial charge < -0.3 is 19.5 Å². The number of anilines is 1. The minimum Gasteiger partial charge on any atom is -0.490 e. The number of hydrogen-bond acceptors (Lipinski definition) is 4. The Morgan fingerprint density at radius 1 is 0.786 bits per heavy atom. The molecule has 28 heavy (non-hydrogen) atoms. The van der Waals surface area contributed by atoms with Gasteiger partial charge in [0.15, 0.2) is 11.5 Å². The van der Waals surface area contributed by atoms with Crippen LogP contribution in [0, 0.1) is 0 Å². The fourth-order valence-corrected chi connectivity index (χ4v) is 2.55. The first-order chi connectivity index (χ1) is 13.7. The molecule has 5 heteroatoms. The average molecular weight is 377 g/mol. The number of carbonyl (C=O) groups is 1. The summed E-state index contributed by atoms with van der Waals surface area (Å²) < 4.78 is 16.9. The quantitative estimate of drug-likeness (QED) is 0.551. The van der Waals surface area contributed by atoms with Gasteiger partial charge in [-0.05, 0) is 55.5 Å². The van der Waals surface area contributed by atoms with Crippen molar-refractivity contribution in [2.45, 2.75) is 13.3 Å². The van der Waals surface area contributed by atoms with Gasteiger partial charge in [-0.1, -0.05) is 30.3 Å². The maximum Gasteiger partial charge on any atom is 0.227 e. The number of benzene rings is 3. The zero-order chi connectivity index (χ0) is 19.6.